The lowest BCUT2D eigenvalue weighted by Gasteiger charge is -2.06. The van der Waals surface area contributed by atoms with Crippen molar-refractivity contribution in [1.29, 1.82) is 0 Å². The molecule has 18 heavy (non-hydrogen) atoms. The Morgan fingerprint density at radius 2 is 1.94 bits per heavy atom. The van der Waals surface area contributed by atoms with Crippen molar-refractivity contribution in [3.8, 4) is 0 Å². The lowest BCUT2D eigenvalue weighted by atomic mass is 10.2. The summed E-state index contributed by atoms with van der Waals surface area (Å²) >= 11 is 0. The summed E-state index contributed by atoms with van der Waals surface area (Å²) in [4.78, 5) is 20.4. The number of nitrogens with zero attached hydrogens (tertiary/aromatic N) is 3. The molecule has 0 amide bonds. The van der Waals surface area contributed by atoms with Crippen molar-refractivity contribution in [2.45, 2.75) is 6.54 Å². The van der Waals surface area contributed by atoms with Gasteiger partial charge in [-0.2, -0.15) is 0 Å². The summed E-state index contributed by atoms with van der Waals surface area (Å²) in [5.74, 6) is 0. The zero-order valence-corrected chi connectivity index (χ0v) is 9.65. The molecule has 88 valence electrons. The number of hydrogen-bond acceptors (Lipinski definition) is 3. The fourth-order valence-corrected chi connectivity index (χ4v) is 1.90. The van der Waals surface area contributed by atoms with Gasteiger partial charge < -0.3 is 0 Å². The van der Waals surface area contributed by atoms with E-state index in [1.165, 1.54) is 0 Å². The molecule has 2 aromatic heterocycles. The van der Waals surface area contributed by atoms with E-state index in [1.54, 1.807) is 29.4 Å². The minimum Gasteiger partial charge on any atom is -0.294 e. The van der Waals surface area contributed by atoms with Crippen molar-refractivity contribution < 1.29 is 0 Å². The Morgan fingerprint density at radius 1 is 1.11 bits per heavy atom. The van der Waals surface area contributed by atoms with Crippen LogP contribution in [0, 0.1) is 0 Å². The van der Waals surface area contributed by atoms with Gasteiger partial charge >= 0.3 is 0 Å². The number of rotatable bonds is 2. The average Bonchev–Trinajstić information content (AvgIpc) is 2.43. The molecular formula is C14H11N3O. The van der Waals surface area contributed by atoms with Crippen LogP contribution in [-0.2, 0) is 6.54 Å². The first-order valence-corrected chi connectivity index (χ1v) is 5.68. The first-order valence-electron chi connectivity index (χ1n) is 5.68. The number of hydrogen-bond donors (Lipinski definition) is 0. The van der Waals surface area contributed by atoms with Crippen LogP contribution in [0.3, 0.4) is 0 Å². The van der Waals surface area contributed by atoms with E-state index in [-0.39, 0.29) is 5.56 Å². The summed E-state index contributed by atoms with van der Waals surface area (Å²) in [6.07, 6.45) is 4.78. The van der Waals surface area contributed by atoms with Gasteiger partial charge in [0.1, 0.15) is 0 Å². The summed E-state index contributed by atoms with van der Waals surface area (Å²) in [5.41, 5.74) is 1.67. The van der Waals surface area contributed by atoms with Crippen LogP contribution in [0.25, 0.3) is 10.9 Å². The van der Waals surface area contributed by atoms with Crippen LogP contribution in [0.5, 0.6) is 0 Å². The lowest BCUT2D eigenvalue weighted by molar-refractivity contribution is 0.748. The van der Waals surface area contributed by atoms with E-state index in [0.29, 0.717) is 17.4 Å². The molecule has 3 rings (SSSR count). The first-order chi connectivity index (χ1) is 8.84. The van der Waals surface area contributed by atoms with Gasteiger partial charge in [0.25, 0.3) is 5.56 Å². The molecule has 0 spiro atoms. The number of benzene rings is 1. The number of aromatic nitrogens is 3. The van der Waals surface area contributed by atoms with E-state index in [2.05, 4.69) is 9.97 Å². The van der Waals surface area contributed by atoms with Gasteiger partial charge in [-0.1, -0.05) is 30.3 Å². The minimum atomic E-state index is -0.0359. The molecule has 0 unspecified atom stereocenters. The zero-order chi connectivity index (χ0) is 12.4. The van der Waals surface area contributed by atoms with Crippen molar-refractivity contribution in [3.63, 3.8) is 0 Å². The maximum Gasteiger partial charge on any atom is 0.261 e. The van der Waals surface area contributed by atoms with Crippen molar-refractivity contribution in [2.24, 2.45) is 0 Å². The molecule has 3 aromatic rings. The highest BCUT2D eigenvalue weighted by atomic mass is 16.1. The molecule has 0 aliphatic rings. The Morgan fingerprint density at radius 3 is 2.78 bits per heavy atom. The van der Waals surface area contributed by atoms with Crippen LogP contribution >= 0.6 is 0 Å². The van der Waals surface area contributed by atoms with Gasteiger partial charge in [0, 0.05) is 6.20 Å². The minimum absolute atomic E-state index is 0.0359. The second-order valence-corrected chi connectivity index (χ2v) is 4.06. The second kappa shape index (κ2) is 4.41. The molecule has 4 nitrogen and oxygen atoms in total. The fraction of sp³-hybridized carbons (Fsp3) is 0.0714. The van der Waals surface area contributed by atoms with Crippen molar-refractivity contribution in [2.75, 3.05) is 0 Å². The Bertz CT molecular complexity index is 735. The van der Waals surface area contributed by atoms with E-state index in [9.17, 15) is 4.79 Å². The van der Waals surface area contributed by atoms with Crippen molar-refractivity contribution in [1.82, 2.24) is 14.5 Å². The maximum atomic E-state index is 12.2. The van der Waals surface area contributed by atoms with Crippen LogP contribution in [-0.4, -0.2) is 14.5 Å². The van der Waals surface area contributed by atoms with E-state index in [4.69, 9.17) is 0 Å². The highest BCUT2D eigenvalue weighted by Crippen LogP contribution is 2.05. The quantitative estimate of drug-likeness (QED) is 0.683. The molecule has 0 atom stereocenters. The van der Waals surface area contributed by atoms with E-state index in [0.717, 1.165) is 5.56 Å². The molecule has 4 heteroatoms. The molecular weight excluding hydrogens is 226 g/mol. The van der Waals surface area contributed by atoms with Gasteiger partial charge in [0.2, 0.25) is 0 Å². The molecule has 0 radical (unpaired) electrons. The third kappa shape index (κ3) is 1.88. The van der Waals surface area contributed by atoms with Crippen LogP contribution in [0.2, 0.25) is 0 Å². The first kappa shape index (κ1) is 10.7. The Balaban J connectivity index is 2.08. The van der Waals surface area contributed by atoms with Gasteiger partial charge in [-0.25, -0.2) is 4.98 Å². The predicted octanol–water partition coefficient (Wildman–Crippen LogP) is 1.84. The zero-order valence-electron chi connectivity index (χ0n) is 9.65. The molecule has 0 bridgehead atoms. The number of pyridine rings is 1. The van der Waals surface area contributed by atoms with Crippen molar-refractivity contribution in [3.05, 3.63) is 71.0 Å². The van der Waals surface area contributed by atoms with Gasteiger partial charge in [0.05, 0.1) is 30.0 Å². The smallest absolute Gasteiger partial charge is 0.261 e. The van der Waals surface area contributed by atoms with E-state index in [1.807, 2.05) is 30.3 Å². The maximum absolute atomic E-state index is 12.2. The molecule has 0 saturated heterocycles. The van der Waals surface area contributed by atoms with E-state index < -0.39 is 0 Å². The molecule has 2 heterocycles. The van der Waals surface area contributed by atoms with Crippen molar-refractivity contribution >= 4 is 10.9 Å². The lowest BCUT2D eigenvalue weighted by Crippen LogP contribution is -2.21. The molecule has 0 N–H and O–H groups in total. The third-order valence-electron chi connectivity index (χ3n) is 2.82. The van der Waals surface area contributed by atoms with E-state index >= 15 is 0 Å². The van der Waals surface area contributed by atoms with Crippen LogP contribution in [0.15, 0.2) is 59.9 Å². The van der Waals surface area contributed by atoms with Gasteiger partial charge in [-0.05, 0) is 11.6 Å². The second-order valence-electron chi connectivity index (χ2n) is 4.06. The largest absolute Gasteiger partial charge is 0.294 e. The van der Waals surface area contributed by atoms with Crippen LogP contribution in [0.1, 0.15) is 5.56 Å². The SMILES string of the molecule is O=c1c2ccncc2ncn1Cc1ccccc1. The Kier molecular flexibility index (Phi) is 2.61. The summed E-state index contributed by atoms with van der Waals surface area (Å²) in [5, 5.41) is 0.600. The monoisotopic (exact) mass is 237 g/mol. The highest BCUT2D eigenvalue weighted by Gasteiger charge is 2.03. The van der Waals surface area contributed by atoms with Gasteiger partial charge in [0.15, 0.2) is 0 Å². The van der Waals surface area contributed by atoms with Crippen LogP contribution in [0.4, 0.5) is 0 Å². The third-order valence-corrected chi connectivity index (χ3v) is 2.82. The van der Waals surface area contributed by atoms with Crippen LogP contribution < -0.4 is 5.56 Å². The topological polar surface area (TPSA) is 47.8 Å². The summed E-state index contributed by atoms with van der Waals surface area (Å²) in [6.45, 7) is 0.533. The molecule has 1 aromatic carbocycles. The molecule has 0 saturated carbocycles. The Hall–Kier alpha value is -2.49. The average molecular weight is 237 g/mol. The number of fused-ring (bicyclic) bond motifs is 1. The predicted molar refractivity (Wildman–Crippen MR) is 69.3 cm³/mol. The van der Waals surface area contributed by atoms with Gasteiger partial charge in [-0.15, -0.1) is 0 Å². The Labute approximate surface area is 104 Å². The highest BCUT2D eigenvalue weighted by molar-refractivity contribution is 5.75. The fourth-order valence-electron chi connectivity index (χ4n) is 1.90. The molecule has 0 aliphatic carbocycles. The normalized spacial score (nSPS) is 10.7. The summed E-state index contributed by atoms with van der Waals surface area (Å²) < 4.78 is 1.61. The standard InChI is InChI=1S/C14H11N3O/c18-14-12-6-7-15-8-13(12)16-10-17(14)9-11-4-2-1-3-5-11/h1-8,10H,9H2. The molecule has 0 fully saturated rings. The summed E-state index contributed by atoms with van der Waals surface area (Å²) in [7, 11) is 0. The molecule has 0 aliphatic heterocycles. The summed E-state index contributed by atoms with van der Waals surface area (Å²) in [6, 6.07) is 11.5. The van der Waals surface area contributed by atoms with Gasteiger partial charge in [-0.3, -0.25) is 14.3 Å².